The van der Waals surface area contributed by atoms with Gasteiger partial charge in [-0.3, -0.25) is 9.78 Å². The van der Waals surface area contributed by atoms with Crippen molar-refractivity contribution >= 4 is 23.6 Å². The van der Waals surface area contributed by atoms with E-state index in [9.17, 15) is 31.1 Å². The SMILES string of the molecule is C=O.CN.Cc1cnc2c(OC(F)(F)F)cc(C(=O)NCCc3cc4c(c(-c5ccc(F)c(F)c5F)n3)OCC4C)cc2c1. The lowest BCUT2D eigenvalue weighted by molar-refractivity contribution is -0.274. The quantitative estimate of drug-likeness (QED) is 0.207. The number of nitrogens with one attached hydrogen (secondary N) is 1. The van der Waals surface area contributed by atoms with Crippen molar-refractivity contribution in [2.75, 3.05) is 20.2 Å². The highest BCUT2D eigenvalue weighted by Gasteiger charge is 2.33. The number of nitrogens with two attached hydrogens (primary N) is 1. The van der Waals surface area contributed by atoms with Crippen molar-refractivity contribution in [2.45, 2.75) is 32.5 Å². The van der Waals surface area contributed by atoms with E-state index < -0.39 is 35.5 Å². The molecule has 234 valence electrons. The van der Waals surface area contributed by atoms with E-state index in [1.165, 1.54) is 19.3 Å². The summed E-state index contributed by atoms with van der Waals surface area (Å²) in [6.45, 7) is 5.88. The lowest BCUT2D eigenvalue weighted by Gasteiger charge is -2.14. The molecule has 2 aromatic heterocycles. The van der Waals surface area contributed by atoms with Crippen molar-refractivity contribution in [1.29, 1.82) is 0 Å². The normalized spacial score (nSPS) is 13.5. The number of pyridine rings is 2. The van der Waals surface area contributed by atoms with Crippen LogP contribution in [0.25, 0.3) is 22.2 Å². The first kappa shape index (κ1) is 33.8. The third-order valence-electron chi connectivity index (χ3n) is 6.39. The maximum absolute atomic E-state index is 14.6. The molecular formula is C30H28F6N4O4. The summed E-state index contributed by atoms with van der Waals surface area (Å²) < 4.78 is 90.8. The van der Waals surface area contributed by atoms with Crippen LogP contribution in [0.2, 0.25) is 0 Å². The van der Waals surface area contributed by atoms with Crippen LogP contribution in [0.3, 0.4) is 0 Å². The van der Waals surface area contributed by atoms with Crippen LogP contribution >= 0.6 is 0 Å². The molecule has 8 nitrogen and oxygen atoms in total. The molecule has 0 radical (unpaired) electrons. The number of carbonyl (C=O) groups is 2. The Morgan fingerprint density at radius 1 is 1.11 bits per heavy atom. The topological polar surface area (TPSA) is 116 Å². The zero-order valence-electron chi connectivity index (χ0n) is 23.8. The summed E-state index contributed by atoms with van der Waals surface area (Å²) in [5, 5.41) is 2.92. The minimum atomic E-state index is -4.99. The fourth-order valence-corrected chi connectivity index (χ4v) is 4.51. The molecule has 1 unspecified atom stereocenters. The van der Waals surface area contributed by atoms with Gasteiger partial charge < -0.3 is 25.3 Å². The number of rotatable bonds is 6. The maximum atomic E-state index is 14.6. The van der Waals surface area contributed by atoms with Crippen LogP contribution in [0.5, 0.6) is 11.5 Å². The minimum Gasteiger partial charge on any atom is -0.490 e. The van der Waals surface area contributed by atoms with E-state index in [1.807, 2.05) is 13.7 Å². The van der Waals surface area contributed by atoms with E-state index in [2.05, 4.69) is 25.8 Å². The van der Waals surface area contributed by atoms with Crippen LogP contribution in [-0.2, 0) is 11.2 Å². The second-order valence-corrected chi connectivity index (χ2v) is 9.43. The van der Waals surface area contributed by atoms with E-state index >= 15 is 0 Å². The Morgan fingerprint density at radius 2 is 1.82 bits per heavy atom. The van der Waals surface area contributed by atoms with Crippen molar-refractivity contribution in [1.82, 2.24) is 15.3 Å². The molecule has 2 aromatic carbocycles. The van der Waals surface area contributed by atoms with Gasteiger partial charge in [0.1, 0.15) is 23.7 Å². The monoisotopic (exact) mass is 622 g/mol. The summed E-state index contributed by atoms with van der Waals surface area (Å²) in [4.78, 5) is 29.3. The van der Waals surface area contributed by atoms with Gasteiger partial charge in [-0.25, -0.2) is 18.2 Å². The molecule has 44 heavy (non-hydrogen) atoms. The molecule has 3 N–H and O–H groups in total. The highest BCUT2D eigenvalue weighted by atomic mass is 19.4. The van der Waals surface area contributed by atoms with E-state index in [4.69, 9.17) is 9.53 Å². The minimum absolute atomic E-state index is 0.00548. The second kappa shape index (κ2) is 14.2. The fraction of sp³-hybridized carbons (Fsp3) is 0.267. The van der Waals surface area contributed by atoms with Gasteiger partial charge in [0.25, 0.3) is 5.91 Å². The standard InChI is InChI=1S/C28H21F6N3O3.CH5N.CH2O/c1-13-7-15-8-16(9-21(24(15)36-11-13)40-28(32,33)34)27(38)35-6-5-17-10-19-14(2)12-39-26(19)25(37-17)18-3-4-20(29)23(31)22(18)30;2*1-2/h3-4,7-11,14H,5-6,12H2,1-2H3,(H,35,38);2H2,1H3;1H2. The highest BCUT2D eigenvalue weighted by molar-refractivity contribution is 6.00. The van der Waals surface area contributed by atoms with Crippen LogP contribution in [0, 0.1) is 24.4 Å². The number of fused-ring (bicyclic) bond motifs is 2. The van der Waals surface area contributed by atoms with Gasteiger partial charge in [-0.2, -0.15) is 0 Å². The lowest BCUT2D eigenvalue weighted by atomic mass is 9.99. The molecule has 0 spiro atoms. The molecule has 0 saturated carbocycles. The van der Waals surface area contributed by atoms with Crippen molar-refractivity contribution in [3.8, 4) is 22.8 Å². The summed E-state index contributed by atoms with van der Waals surface area (Å²) in [6, 6.07) is 7.55. The fourth-order valence-electron chi connectivity index (χ4n) is 4.51. The average molecular weight is 623 g/mol. The smallest absolute Gasteiger partial charge is 0.490 e. The first-order valence-electron chi connectivity index (χ1n) is 13.0. The summed E-state index contributed by atoms with van der Waals surface area (Å²) >= 11 is 0. The number of benzene rings is 2. The summed E-state index contributed by atoms with van der Waals surface area (Å²) in [5.74, 6) is -5.47. The Morgan fingerprint density at radius 3 is 2.50 bits per heavy atom. The molecule has 0 saturated heterocycles. The first-order chi connectivity index (χ1) is 20.9. The molecule has 0 fully saturated rings. The number of hydrogen-bond donors (Lipinski definition) is 2. The van der Waals surface area contributed by atoms with Gasteiger partial charge in [0, 0.05) is 52.9 Å². The van der Waals surface area contributed by atoms with Crippen molar-refractivity contribution in [3.63, 3.8) is 0 Å². The van der Waals surface area contributed by atoms with E-state index in [0.29, 0.717) is 22.2 Å². The summed E-state index contributed by atoms with van der Waals surface area (Å²) in [6.07, 6.45) is -3.45. The Hall–Kier alpha value is -4.72. The second-order valence-electron chi connectivity index (χ2n) is 9.43. The summed E-state index contributed by atoms with van der Waals surface area (Å²) in [5.41, 5.74) is 5.90. The first-order valence-corrected chi connectivity index (χ1v) is 13.0. The van der Waals surface area contributed by atoms with Gasteiger partial charge in [0.15, 0.2) is 23.2 Å². The zero-order chi connectivity index (χ0) is 32.8. The van der Waals surface area contributed by atoms with Gasteiger partial charge in [-0.05, 0) is 55.9 Å². The predicted octanol–water partition coefficient (Wildman–Crippen LogP) is 5.78. The van der Waals surface area contributed by atoms with Gasteiger partial charge in [0.05, 0.1) is 6.61 Å². The Kier molecular flexibility index (Phi) is 10.9. The third kappa shape index (κ3) is 7.43. The molecule has 0 bridgehead atoms. The maximum Gasteiger partial charge on any atom is 0.573 e. The molecular weight excluding hydrogens is 594 g/mol. The number of aromatic nitrogens is 2. The Bertz CT molecular complexity index is 1670. The molecule has 3 heterocycles. The van der Waals surface area contributed by atoms with Gasteiger partial charge in [0.2, 0.25) is 0 Å². The average Bonchev–Trinajstić information content (AvgIpc) is 3.37. The molecule has 1 amide bonds. The third-order valence-corrected chi connectivity index (χ3v) is 6.39. The molecule has 1 atom stereocenters. The number of amides is 1. The van der Waals surface area contributed by atoms with Crippen LogP contribution in [0.1, 0.15) is 40.0 Å². The molecule has 0 aliphatic carbocycles. The van der Waals surface area contributed by atoms with E-state index in [0.717, 1.165) is 18.2 Å². The number of hydrogen-bond acceptors (Lipinski definition) is 7. The lowest BCUT2D eigenvalue weighted by Crippen LogP contribution is -2.26. The predicted molar refractivity (Wildman–Crippen MR) is 150 cm³/mol. The van der Waals surface area contributed by atoms with Crippen molar-refractivity contribution in [3.05, 3.63) is 82.4 Å². The van der Waals surface area contributed by atoms with Crippen molar-refractivity contribution in [2.24, 2.45) is 5.73 Å². The van der Waals surface area contributed by atoms with Crippen LogP contribution < -0.4 is 20.5 Å². The number of nitrogens with zero attached hydrogens (tertiary/aromatic N) is 2. The number of ether oxygens (including phenoxy) is 2. The summed E-state index contributed by atoms with van der Waals surface area (Å²) in [7, 11) is 1.50. The number of aryl methyl sites for hydroxylation is 1. The van der Waals surface area contributed by atoms with E-state index in [1.54, 1.807) is 19.1 Å². The molecule has 1 aliphatic rings. The van der Waals surface area contributed by atoms with Crippen LogP contribution in [-0.4, -0.2) is 49.2 Å². The number of halogens is 6. The largest absolute Gasteiger partial charge is 0.573 e. The van der Waals surface area contributed by atoms with Crippen LogP contribution in [0.15, 0.2) is 42.6 Å². The van der Waals surface area contributed by atoms with Crippen LogP contribution in [0.4, 0.5) is 26.3 Å². The van der Waals surface area contributed by atoms with Gasteiger partial charge in [-0.15, -0.1) is 13.2 Å². The molecule has 4 aromatic rings. The zero-order valence-corrected chi connectivity index (χ0v) is 23.8. The Labute approximate surface area is 248 Å². The molecule has 14 heteroatoms. The molecule has 1 aliphatic heterocycles. The number of carbonyl (C=O) groups excluding carboxylic acids is 2. The molecule has 5 rings (SSSR count). The van der Waals surface area contributed by atoms with E-state index in [-0.39, 0.29) is 53.6 Å². The highest BCUT2D eigenvalue weighted by Crippen LogP contribution is 2.42. The van der Waals surface area contributed by atoms with Crippen molar-refractivity contribution < 1.29 is 45.4 Å². The van der Waals surface area contributed by atoms with Gasteiger partial charge >= 0.3 is 6.36 Å². The number of alkyl halides is 3. The van der Waals surface area contributed by atoms with Gasteiger partial charge in [-0.1, -0.05) is 6.92 Å². The Balaban J connectivity index is 0.00000127.